The van der Waals surface area contributed by atoms with Crippen LogP contribution < -0.4 is 10.6 Å². The largest absolute Gasteiger partial charge is 0.342 e. The molecule has 2 amide bonds. The van der Waals surface area contributed by atoms with E-state index in [2.05, 4.69) is 15.6 Å². The van der Waals surface area contributed by atoms with Crippen molar-refractivity contribution in [3.05, 3.63) is 93.7 Å². The molecule has 168 valence electrons. The first-order valence-corrected chi connectivity index (χ1v) is 11.1. The van der Waals surface area contributed by atoms with Gasteiger partial charge in [-0.25, -0.2) is 4.98 Å². The number of aryl methyl sites for hydroxylation is 1. The Labute approximate surface area is 201 Å². The zero-order valence-electron chi connectivity index (χ0n) is 18.1. The Hall–Kier alpha value is -3.35. The van der Waals surface area contributed by atoms with Crippen molar-refractivity contribution in [2.24, 2.45) is 0 Å². The van der Waals surface area contributed by atoms with Crippen molar-refractivity contribution in [2.75, 3.05) is 5.32 Å². The molecule has 0 saturated heterocycles. The summed E-state index contributed by atoms with van der Waals surface area (Å²) in [5, 5.41) is 6.66. The normalized spacial score (nSPS) is 11.9. The molecule has 6 nitrogen and oxygen atoms in total. The lowest BCUT2D eigenvalue weighted by Gasteiger charge is -2.16. The second-order valence-corrected chi connectivity index (χ2v) is 8.69. The summed E-state index contributed by atoms with van der Waals surface area (Å²) in [6.45, 7) is 3.82. The predicted molar refractivity (Wildman–Crippen MR) is 132 cm³/mol. The first kappa shape index (κ1) is 22.8. The van der Waals surface area contributed by atoms with Gasteiger partial charge in [-0.1, -0.05) is 53.0 Å². The van der Waals surface area contributed by atoms with E-state index in [1.165, 1.54) is 0 Å². The molecule has 0 aliphatic heterocycles. The summed E-state index contributed by atoms with van der Waals surface area (Å²) in [7, 11) is 0. The van der Waals surface area contributed by atoms with Crippen LogP contribution >= 0.6 is 23.2 Å². The van der Waals surface area contributed by atoms with Crippen molar-refractivity contribution in [2.45, 2.75) is 26.4 Å². The zero-order chi connectivity index (χ0) is 23.5. The smallest absolute Gasteiger partial charge is 0.251 e. The first-order chi connectivity index (χ1) is 15.8. The monoisotopic (exact) mass is 480 g/mol. The molecular formula is C25H22Cl2N4O2. The number of nitrogens with zero attached hydrogens (tertiary/aromatic N) is 2. The van der Waals surface area contributed by atoms with Gasteiger partial charge in [-0.15, -0.1) is 0 Å². The van der Waals surface area contributed by atoms with Gasteiger partial charge in [0.25, 0.3) is 5.91 Å². The second-order valence-electron chi connectivity index (χ2n) is 7.81. The summed E-state index contributed by atoms with van der Waals surface area (Å²) in [6.07, 6.45) is 0. The van der Waals surface area contributed by atoms with E-state index in [4.69, 9.17) is 23.2 Å². The number of amides is 2. The van der Waals surface area contributed by atoms with Crippen LogP contribution in [0.4, 0.5) is 5.69 Å². The molecule has 0 radical (unpaired) electrons. The molecule has 1 atom stereocenters. The van der Waals surface area contributed by atoms with E-state index >= 15 is 0 Å². The van der Waals surface area contributed by atoms with Crippen LogP contribution in [0.5, 0.6) is 0 Å². The van der Waals surface area contributed by atoms with E-state index in [0.29, 0.717) is 27.1 Å². The Balaban J connectivity index is 1.59. The van der Waals surface area contributed by atoms with Gasteiger partial charge in [0.15, 0.2) is 0 Å². The van der Waals surface area contributed by atoms with Crippen LogP contribution in [0, 0.1) is 6.92 Å². The Morgan fingerprint density at radius 2 is 1.67 bits per heavy atom. The highest BCUT2D eigenvalue weighted by molar-refractivity contribution is 6.35. The van der Waals surface area contributed by atoms with Gasteiger partial charge in [0.1, 0.15) is 12.4 Å². The lowest BCUT2D eigenvalue weighted by Crippen LogP contribution is -2.30. The fraction of sp³-hybridized carbons (Fsp3) is 0.160. The quantitative estimate of drug-likeness (QED) is 0.367. The van der Waals surface area contributed by atoms with Gasteiger partial charge in [-0.2, -0.15) is 0 Å². The van der Waals surface area contributed by atoms with Gasteiger partial charge in [0.2, 0.25) is 5.91 Å². The fourth-order valence-corrected chi connectivity index (χ4v) is 4.14. The van der Waals surface area contributed by atoms with Crippen molar-refractivity contribution >= 4 is 51.7 Å². The van der Waals surface area contributed by atoms with Gasteiger partial charge in [-0.3, -0.25) is 9.59 Å². The molecule has 0 bridgehead atoms. The molecule has 1 heterocycles. The maximum atomic E-state index is 12.9. The molecule has 0 unspecified atom stereocenters. The molecule has 2 N–H and O–H groups in total. The first-order valence-electron chi connectivity index (χ1n) is 10.4. The Bertz CT molecular complexity index is 1310. The molecular weight excluding hydrogens is 459 g/mol. The minimum absolute atomic E-state index is 0.00468. The van der Waals surface area contributed by atoms with E-state index in [1.54, 1.807) is 34.9 Å². The average Bonchev–Trinajstić information content (AvgIpc) is 3.12. The summed E-state index contributed by atoms with van der Waals surface area (Å²) in [5.41, 5.74) is 3.68. The molecule has 0 saturated carbocycles. The van der Waals surface area contributed by atoms with E-state index < -0.39 is 6.04 Å². The van der Waals surface area contributed by atoms with Crippen molar-refractivity contribution in [1.82, 2.24) is 14.9 Å². The van der Waals surface area contributed by atoms with Crippen molar-refractivity contribution in [1.29, 1.82) is 0 Å². The predicted octanol–water partition coefficient (Wildman–Crippen LogP) is 5.78. The fourth-order valence-electron chi connectivity index (χ4n) is 3.61. The molecule has 0 aliphatic carbocycles. The van der Waals surface area contributed by atoms with Gasteiger partial charge < -0.3 is 15.2 Å². The Morgan fingerprint density at radius 1 is 1.00 bits per heavy atom. The van der Waals surface area contributed by atoms with Crippen LogP contribution in [0.25, 0.3) is 11.0 Å². The third-order valence-electron chi connectivity index (χ3n) is 5.18. The number of aromatic nitrogens is 2. The molecule has 4 rings (SSSR count). The molecule has 33 heavy (non-hydrogen) atoms. The van der Waals surface area contributed by atoms with Crippen molar-refractivity contribution in [3.63, 3.8) is 0 Å². The summed E-state index contributed by atoms with van der Waals surface area (Å²) in [4.78, 5) is 30.3. The number of benzene rings is 3. The number of nitrogens with one attached hydrogen (secondary N) is 2. The second kappa shape index (κ2) is 9.65. The highest BCUT2D eigenvalue weighted by atomic mass is 35.5. The highest BCUT2D eigenvalue weighted by Crippen LogP contribution is 2.24. The minimum Gasteiger partial charge on any atom is -0.342 e. The van der Waals surface area contributed by atoms with Crippen LogP contribution in [-0.4, -0.2) is 21.4 Å². The number of carbonyl (C=O) groups excluding carboxylic acids is 2. The van der Waals surface area contributed by atoms with Crippen LogP contribution in [0.15, 0.2) is 66.7 Å². The number of hydrogen-bond donors (Lipinski definition) is 2. The lowest BCUT2D eigenvalue weighted by atomic mass is 10.1. The van der Waals surface area contributed by atoms with Gasteiger partial charge in [-0.05, 0) is 56.3 Å². The van der Waals surface area contributed by atoms with E-state index in [1.807, 2.05) is 50.2 Å². The molecule has 0 aliphatic rings. The number of carbonyl (C=O) groups is 2. The molecule has 0 spiro atoms. The summed E-state index contributed by atoms with van der Waals surface area (Å²) < 4.78 is 1.80. The van der Waals surface area contributed by atoms with Gasteiger partial charge in [0, 0.05) is 21.3 Å². The van der Waals surface area contributed by atoms with Crippen LogP contribution in [0.3, 0.4) is 0 Å². The summed E-state index contributed by atoms with van der Waals surface area (Å²) in [6, 6.07) is 19.3. The Morgan fingerprint density at radius 3 is 2.36 bits per heavy atom. The molecule has 0 fully saturated rings. The van der Waals surface area contributed by atoms with E-state index in [9.17, 15) is 9.59 Å². The molecule has 8 heteroatoms. The van der Waals surface area contributed by atoms with Crippen LogP contribution in [0.2, 0.25) is 10.0 Å². The third-order valence-corrected chi connectivity index (χ3v) is 5.62. The van der Waals surface area contributed by atoms with Crippen LogP contribution in [0.1, 0.15) is 34.7 Å². The minimum atomic E-state index is -0.431. The standard InChI is InChI=1S/C25H22Cl2N4O2/c1-15-7-9-17(10-8-15)25(33)28-16(2)24-30-21-5-3-4-6-22(21)31(24)14-23(32)29-20-12-18(26)11-19(27)13-20/h3-13,16H,14H2,1-2H3,(H,28,33)(H,29,32)/t16-/m0/s1. The summed E-state index contributed by atoms with van der Waals surface area (Å²) in [5.74, 6) is 0.102. The van der Waals surface area contributed by atoms with E-state index in [0.717, 1.165) is 16.6 Å². The Kier molecular flexibility index (Phi) is 6.67. The number of imidazole rings is 1. The number of rotatable bonds is 6. The summed E-state index contributed by atoms with van der Waals surface area (Å²) >= 11 is 12.1. The SMILES string of the molecule is Cc1ccc(C(=O)N[C@@H](C)c2nc3ccccc3n2CC(=O)Nc2cc(Cl)cc(Cl)c2)cc1. The van der Waals surface area contributed by atoms with E-state index in [-0.39, 0.29) is 18.4 Å². The maximum absolute atomic E-state index is 12.9. The van der Waals surface area contributed by atoms with Crippen molar-refractivity contribution in [3.8, 4) is 0 Å². The number of halogens is 2. The van der Waals surface area contributed by atoms with Crippen LogP contribution in [-0.2, 0) is 11.3 Å². The third kappa shape index (κ3) is 5.35. The number of anilines is 1. The number of hydrogen-bond acceptors (Lipinski definition) is 3. The topological polar surface area (TPSA) is 76.0 Å². The highest BCUT2D eigenvalue weighted by Gasteiger charge is 2.20. The lowest BCUT2D eigenvalue weighted by molar-refractivity contribution is -0.116. The molecule has 1 aromatic heterocycles. The van der Waals surface area contributed by atoms with Gasteiger partial charge in [0.05, 0.1) is 17.1 Å². The van der Waals surface area contributed by atoms with Gasteiger partial charge >= 0.3 is 0 Å². The number of fused-ring (bicyclic) bond motifs is 1. The van der Waals surface area contributed by atoms with Crippen molar-refractivity contribution < 1.29 is 9.59 Å². The zero-order valence-corrected chi connectivity index (χ0v) is 19.6. The maximum Gasteiger partial charge on any atom is 0.251 e. The molecule has 3 aromatic carbocycles. The number of para-hydroxylation sites is 2. The molecule has 4 aromatic rings. The average molecular weight is 481 g/mol.